The zero-order valence-electron chi connectivity index (χ0n) is 10.8. The first-order valence-electron chi connectivity index (χ1n) is 5.86. The van der Waals surface area contributed by atoms with Gasteiger partial charge in [-0.2, -0.15) is 0 Å². The quantitative estimate of drug-likeness (QED) is 0.847. The van der Waals surface area contributed by atoms with Gasteiger partial charge in [-0.3, -0.25) is 4.98 Å². The van der Waals surface area contributed by atoms with Gasteiger partial charge in [0, 0.05) is 10.7 Å². The normalized spacial score (nSPS) is 11.5. The summed E-state index contributed by atoms with van der Waals surface area (Å²) in [6.45, 7) is 1.95. The first-order chi connectivity index (χ1) is 9.38. The lowest BCUT2D eigenvalue weighted by Gasteiger charge is -2.09. The van der Waals surface area contributed by atoms with Crippen LogP contribution >= 0.6 is 11.6 Å². The van der Waals surface area contributed by atoms with Crippen LogP contribution in [0.3, 0.4) is 0 Å². The van der Waals surface area contributed by atoms with Gasteiger partial charge in [0.15, 0.2) is 0 Å². The van der Waals surface area contributed by atoms with Gasteiger partial charge in [-0.15, -0.1) is 0 Å². The largest absolute Gasteiger partial charge is 0.398 e. The molecule has 0 saturated carbocycles. The third-order valence-corrected chi connectivity index (χ3v) is 4.36. The van der Waals surface area contributed by atoms with Gasteiger partial charge in [0.2, 0.25) is 10.0 Å². The van der Waals surface area contributed by atoms with Gasteiger partial charge < -0.3 is 5.73 Å². The Morgan fingerprint density at radius 1 is 1.30 bits per heavy atom. The van der Waals surface area contributed by atoms with Crippen molar-refractivity contribution in [2.75, 3.05) is 5.73 Å². The van der Waals surface area contributed by atoms with E-state index in [2.05, 4.69) is 9.71 Å². The first kappa shape index (κ1) is 14.8. The molecule has 0 atom stereocenters. The Balaban J connectivity index is 2.19. The van der Waals surface area contributed by atoms with Gasteiger partial charge in [0.05, 0.1) is 17.9 Å². The second-order valence-corrected chi connectivity index (χ2v) is 6.45. The summed E-state index contributed by atoms with van der Waals surface area (Å²) in [4.78, 5) is 4.24. The second kappa shape index (κ2) is 5.78. The van der Waals surface area contributed by atoms with Crippen LogP contribution < -0.4 is 10.5 Å². The Morgan fingerprint density at radius 2 is 2.05 bits per heavy atom. The zero-order valence-corrected chi connectivity index (χ0v) is 12.4. The number of sulfonamides is 1. The number of nitrogens with two attached hydrogens (primary N) is 1. The number of aromatic nitrogens is 1. The van der Waals surface area contributed by atoms with Crippen LogP contribution in [0, 0.1) is 6.92 Å². The molecule has 7 heteroatoms. The molecule has 2 aromatic rings. The molecule has 1 aromatic carbocycles. The lowest BCUT2D eigenvalue weighted by molar-refractivity contribution is 0.581. The van der Waals surface area contributed by atoms with E-state index in [0.717, 1.165) is 5.69 Å². The Hall–Kier alpha value is -1.63. The van der Waals surface area contributed by atoms with Crippen molar-refractivity contribution in [3.63, 3.8) is 0 Å². The molecule has 0 aliphatic heterocycles. The molecule has 1 heterocycles. The molecular formula is C13H14ClN3O2S. The number of anilines is 1. The van der Waals surface area contributed by atoms with Crippen molar-refractivity contribution in [3.05, 3.63) is 52.8 Å². The van der Waals surface area contributed by atoms with Gasteiger partial charge in [-0.1, -0.05) is 17.7 Å². The van der Waals surface area contributed by atoms with Crippen molar-refractivity contribution in [1.82, 2.24) is 9.71 Å². The van der Waals surface area contributed by atoms with Crippen molar-refractivity contribution in [2.24, 2.45) is 0 Å². The fraction of sp³-hybridized carbons (Fsp3) is 0.154. The Kier molecular flexibility index (Phi) is 4.27. The van der Waals surface area contributed by atoms with E-state index in [9.17, 15) is 8.42 Å². The minimum Gasteiger partial charge on any atom is -0.398 e. The Bertz CT molecular complexity index is 732. The minimum absolute atomic E-state index is 0.00885. The van der Waals surface area contributed by atoms with Gasteiger partial charge >= 0.3 is 0 Å². The topological polar surface area (TPSA) is 85.1 Å². The number of rotatable bonds is 4. The van der Waals surface area contributed by atoms with Crippen LogP contribution in [0.1, 0.15) is 11.4 Å². The molecule has 0 bridgehead atoms. The monoisotopic (exact) mass is 311 g/mol. The van der Waals surface area contributed by atoms with E-state index in [1.165, 1.54) is 18.2 Å². The summed E-state index contributed by atoms with van der Waals surface area (Å²) in [7, 11) is -3.69. The van der Waals surface area contributed by atoms with Crippen molar-refractivity contribution in [1.29, 1.82) is 0 Å². The molecule has 0 radical (unpaired) electrons. The molecule has 5 nitrogen and oxygen atoms in total. The molecular weight excluding hydrogens is 298 g/mol. The molecule has 0 spiro atoms. The molecule has 20 heavy (non-hydrogen) atoms. The molecule has 0 amide bonds. The van der Waals surface area contributed by atoms with E-state index in [1.807, 2.05) is 19.1 Å². The summed E-state index contributed by atoms with van der Waals surface area (Å²) >= 11 is 5.75. The standard InChI is InChI=1S/C13H14ClN3O2S/c1-9-3-2-4-11(17-9)8-16-20(18,19)13-6-5-10(14)7-12(13)15/h2-7,16H,8,15H2,1H3. The van der Waals surface area contributed by atoms with Gasteiger partial charge in [0.1, 0.15) is 4.90 Å². The van der Waals surface area contributed by atoms with Crippen LogP contribution in [-0.4, -0.2) is 13.4 Å². The number of aryl methyl sites for hydroxylation is 1. The van der Waals surface area contributed by atoms with E-state index in [1.54, 1.807) is 6.07 Å². The highest BCUT2D eigenvalue weighted by atomic mass is 35.5. The lowest BCUT2D eigenvalue weighted by Crippen LogP contribution is -2.24. The van der Waals surface area contributed by atoms with Crippen molar-refractivity contribution in [3.8, 4) is 0 Å². The fourth-order valence-electron chi connectivity index (χ4n) is 1.71. The summed E-state index contributed by atoms with van der Waals surface area (Å²) in [5.41, 5.74) is 7.26. The SMILES string of the molecule is Cc1cccc(CNS(=O)(=O)c2ccc(Cl)cc2N)n1. The average molecular weight is 312 g/mol. The van der Waals surface area contributed by atoms with Crippen LogP contribution in [0.15, 0.2) is 41.3 Å². The summed E-state index contributed by atoms with van der Waals surface area (Å²) in [6.07, 6.45) is 0. The molecule has 2 rings (SSSR count). The van der Waals surface area contributed by atoms with E-state index in [4.69, 9.17) is 17.3 Å². The number of hydrogen-bond donors (Lipinski definition) is 2. The van der Waals surface area contributed by atoms with Crippen LogP contribution in [0.4, 0.5) is 5.69 Å². The summed E-state index contributed by atoms with van der Waals surface area (Å²) in [5.74, 6) is 0. The lowest BCUT2D eigenvalue weighted by atomic mass is 10.3. The number of pyridine rings is 1. The highest BCUT2D eigenvalue weighted by molar-refractivity contribution is 7.89. The van der Waals surface area contributed by atoms with Crippen LogP contribution in [0.2, 0.25) is 5.02 Å². The number of nitrogens with one attached hydrogen (secondary N) is 1. The average Bonchev–Trinajstić information content (AvgIpc) is 2.36. The smallest absolute Gasteiger partial charge is 0.242 e. The number of halogens is 1. The summed E-state index contributed by atoms with van der Waals surface area (Å²) in [6, 6.07) is 9.68. The maximum absolute atomic E-state index is 12.2. The third-order valence-electron chi connectivity index (χ3n) is 2.65. The predicted octanol–water partition coefficient (Wildman–Crippen LogP) is 2.10. The molecule has 0 unspecified atom stereocenters. The Morgan fingerprint density at radius 3 is 2.70 bits per heavy atom. The number of benzene rings is 1. The predicted molar refractivity (Wildman–Crippen MR) is 78.9 cm³/mol. The first-order valence-corrected chi connectivity index (χ1v) is 7.72. The van der Waals surface area contributed by atoms with Gasteiger partial charge in [-0.05, 0) is 37.3 Å². The number of hydrogen-bond acceptors (Lipinski definition) is 4. The molecule has 0 aliphatic carbocycles. The van der Waals surface area contributed by atoms with Crippen molar-refractivity contribution >= 4 is 27.3 Å². The molecule has 1 aromatic heterocycles. The van der Waals surface area contributed by atoms with Gasteiger partial charge in [0.25, 0.3) is 0 Å². The molecule has 0 saturated heterocycles. The summed E-state index contributed by atoms with van der Waals surface area (Å²) < 4.78 is 26.8. The highest BCUT2D eigenvalue weighted by Gasteiger charge is 2.17. The Labute approximate surface area is 122 Å². The molecule has 3 N–H and O–H groups in total. The molecule has 106 valence electrons. The van der Waals surface area contributed by atoms with E-state index < -0.39 is 10.0 Å². The summed E-state index contributed by atoms with van der Waals surface area (Å²) in [5, 5.41) is 0.391. The van der Waals surface area contributed by atoms with Gasteiger partial charge in [-0.25, -0.2) is 13.1 Å². The highest BCUT2D eigenvalue weighted by Crippen LogP contribution is 2.22. The number of nitrogens with zero attached hydrogens (tertiary/aromatic N) is 1. The maximum atomic E-state index is 12.2. The fourth-order valence-corrected chi connectivity index (χ4v) is 3.00. The van der Waals surface area contributed by atoms with E-state index in [0.29, 0.717) is 10.7 Å². The third kappa shape index (κ3) is 3.47. The zero-order chi connectivity index (χ0) is 14.8. The number of nitrogen functional groups attached to an aromatic ring is 1. The van der Waals surface area contributed by atoms with E-state index >= 15 is 0 Å². The van der Waals surface area contributed by atoms with Crippen LogP contribution in [-0.2, 0) is 16.6 Å². The molecule has 0 aliphatic rings. The van der Waals surface area contributed by atoms with Crippen LogP contribution in [0.25, 0.3) is 0 Å². The maximum Gasteiger partial charge on any atom is 0.242 e. The second-order valence-electron chi connectivity index (χ2n) is 4.28. The minimum atomic E-state index is -3.69. The van der Waals surface area contributed by atoms with Crippen molar-refractivity contribution in [2.45, 2.75) is 18.4 Å². The molecule has 0 fully saturated rings. The van der Waals surface area contributed by atoms with Crippen LogP contribution in [0.5, 0.6) is 0 Å². The van der Waals surface area contributed by atoms with E-state index in [-0.39, 0.29) is 17.1 Å². The van der Waals surface area contributed by atoms with Crippen molar-refractivity contribution < 1.29 is 8.42 Å².